The summed E-state index contributed by atoms with van der Waals surface area (Å²) in [6.45, 7) is 17.8. The summed E-state index contributed by atoms with van der Waals surface area (Å²) in [7, 11) is 0. The Morgan fingerprint density at radius 3 is 1.74 bits per heavy atom. The number of halogens is 2. The van der Waals surface area contributed by atoms with Crippen molar-refractivity contribution < 1.29 is 38.1 Å². The number of nitrogens with zero attached hydrogens (tertiary/aromatic N) is 4. The molecule has 0 N–H and O–H groups in total. The normalized spacial score (nSPS) is 15.8. The topological polar surface area (TPSA) is 137 Å². The fourth-order valence-corrected chi connectivity index (χ4v) is 5.41. The number of rotatable bonds is 4. The van der Waals surface area contributed by atoms with Crippen LogP contribution in [0.5, 0.6) is 0 Å². The van der Waals surface area contributed by atoms with Gasteiger partial charge in [-0.25, -0.2) is 29.1 Å². The van der Waals surface area contributed by atoms with Crippen molar-refractivity contribution in [2.45, 2.75) is 105 Å². The third-order valence-electron chi connectivity index (χ3n) is 6.88. The number of carbonyl (C=O) groups excluding carboxylic acids is 4. The minimum absolute atomic E-state index is 0.0694. The van der Waals surface area contributed by atoms with E-state index < -0.39 is 35.3 Å². The molecule has 2 amide bonds. The van der Waals surface area contributed by atoms with Crippen molar-refractivity contribution in [2.24, 2.45) is 0 Å². The van der Waals surface area contributed by atoms with E-state index in [1.54, 1.807) is 23.6 Å². The summed E-state index contributed by atoms with van der Waals surface area (Å²) in [5.41, 5.74) is 2.11. The number of carbonyl (C=O) groups is 4. The zero-order chi connectivity index (χ0) is 35.3. The third kappa shape index (κ3) is 10.4. The summed E-state index contributed by atoms with van der Waals surface area (Å²) in [5.74, 6) is -1.05. The van der Waals surface area contributed by atoms with Crippen molar-refractivity contribution >= 4 is 47.3 Å². The van der Waals surface area contributed by atoms with Crippen LogP contribution in [0.4, 0.5) is 9.59 Å². The molecule has 2 aliphatic heterocycles. The molecule has 1 atom stereocenters. The predicted molar refractivity (Wildman–Crippen MR) is 176 cm³/mol. The van der Waals surface area contributed by atoms with Gasteiger partial charge in [-0.1, -0.05) is 23.2 Å². The van der Waals surface area contributed by atoms with Crippen molar-refractivity contribution in [2.75, 3.05) is 19.8 Å². The molecule has 258 valence electrons. The average molecular weight is 696 g/mol. The molecule has 0 aliphatic carbocycles. The SMILES string of the molecule is CCOC(=O)c1cc(Cl)c2c(n1)CN(C(=O)OC(C)(C)C)CC2.CCOC(=O)c1cc(Cl)c2c(n1)CN(C(=O)OC(C)(C)C)[C@H](C)C2. The second kappa shape index (κ2) is 15.5. The Balaban J connectivity index is 0.000000256. The average Bonchev–Trinajstić information content (AvgIpc) is 2.95. The maximum absolute atomic E-state index is 12.4. The molecule has 2 aromatic rings. The highest BCUT2D eigenvalue weighted by molar-refractivity contribution is 6.32. The van der Waals surface area contributed by atoms with E-state index in [2.05, 4.69) is 9.97 Å². The van der Waals surface area contributed by atoms with Crippen molar-refractivity contribution in [1.29, 1.82) is 0 Å². The van der Waals surface area contributed by atoms with E-state index in [0.717, 1.165) is 11.1 Å². The van der Waals surface area contributed by atoms with Crippen LogP contribution in [0.1, 0.15) is 106 Å². The van der Waals surface area contributed by atoms with Crippen molar-refractivity contribution in [3.05, 3.63) is 56.1 Å². The highest BCUT2D eigenvalue weighted by Crippen LogP contribution is 2.30. The molecule has 0 bridgehead atoms. The molecular formula is C33H44Cl2N4O8. The molecule has 14 heteroatoms. The van der Waals surface area contributed by atoms with E-state index in [0.29, 0.717) is 40.8 Å². The van der Waals surface area contributed by atoms with E-state index in [1.807, 2.05) is 48.5 Å². The molecular weight excluding hydrogens is 651 g/mol. The van der Waals surface area contributed by atoms with Gasteiger partial charge >= 0.3 is 24.1 Å². The first-order chi connectivity index (χ1) is 21.8. The predicted octanol–water partition coefficient (Wildman–Crippen LogP) is 6.80. The van der Waals surface area contributed by atoms with Crippen LogP contribution >= 0.6 is 23.2 Å². The van der Waals surface area contributed by atoms with Crippen LogP contribution in [0.15, 0.2) is 12.1 Å². The van der Waals surface area contributed by atoms with Gasteiger partial charge in [0.05, 0.1) is 37.7 Å². The Morgan fingerprint density at radius 1 is 0.787 bits per heavy atom. The van der Waals surface area contributed by atoms with Gasteiger partial charge in [-0.05, 0) is 98.4 Å². The summed E-state index contributed by atoms with van der Waals surface area (Å²) in [6.07, 6.45) is 0.329. The highest BCUT2D eigenvalue weighted by Gasteiger charge is 2.33. The first kappa shape index (κ1) is 37.8. The molecule has 4 rings (SSSR count). The van der Waals surface area contributed by atoms with Crippen molar-refractivity contribution in [1.82, 2.24) is 19.8 Å². The molecule has 2 aliphatic rings. The molecule has 0 unspecified atom stereocenters. The number of hydrogen-bond donors (Lipinski definition) is 0. The van der Waals surface area contributed by atoms with Gasteiger partial charge in [0.15, 0.2) is 0 Å². The minimum atomic E-state index is -0.574. The Kier molecular flexibility index (Phi) is 12.5. The number of amides is 2. The quantitative estimate of drug-likeness (QED) is 0.248. The van der Waals surface area contributed by atoms with Crippen LogP contribution < -0.4 is 0 Å². The van der Waals surface area contributed by atoms with Crippen LogP contribution in [-0.2, 0) is 44.9 Å². The zero-order valence-corrected chi connectivity index (χ0v) is 30.0. The number of hydrogen-bond acceptors (Lipinski definition) is 10. The Hall–Kier alpha value is -3.64. The molecule has 47 heavy (non-hydrogen) atoms. The van der Waals surface area contributed by atoms with Crippen LogP contribution in [0, 0.1) is 0 Å². The van der Waals surface area contributed by atoms with E-state index in [1.165, 1.54) is 12.1 Å². The summed E-state index contributed by atoms with van der Waals surface area (Å²) in [5, 5.41) is 0.945. The largest absolute Gasteiger partial charge is 0.461 e. The van der Waals surface area contributed by atoms with Gasteiger partial charge in [0.1, 0.15) is 22.6 Å². The maximum Gasteiger partial charge on any atom is 0.410 e. The van der Waals surface area contributed by atoms with E-state index >= 15 is 0 Å². The molecule has 0 fully saturated rings. The van der Waals surface area contributed by atoms with E-state index in [-0.39, 0.29) is 43.7 Å². The van der Waals surface area contributed by atoms with Crippen LogP contribution in [0.2, 0.25) is 10.0 Å². The van der Waals surface area contributed by atoms with Gasteiger partial charge in [-0.2, -0.15) is 0 Å². The smallest absolute Gasteiger partial charge is 0.410 e. The second-order valence-electron chi connectivity index (χ2n) is 13.1. The van der Waals surface area contributed by atoms with Crippen LogP contribution in [0.3, 0.4) is 0 Å². The summed E-state index contributed by atoms with van der Waals surface area (Å²) in [6, 6.07) is 2.97. The number of esters is 2. The van der Waals surface area contributed by atoms with Gasteiger partial charge in [-0.3, -0.25) is 4.90 Å². The van der Waals surface area contributed by atoms with Gasteiger partial charge in [0, 0.05) is 22.6 Å². The molecule has 0 saturated carbocycles. The Bertz CT molecular complexity index is 1500. The lowest BCUT2D eigenvalue weighted by Gasteiger charge is -2.35. The summed E-state index contributed by atoms with van der Waals surface area (Å²) < 4.78 is 20.7. The molecule has 0 spiro atoms. The Morgan fingerprint density at radius 2 is 1.26 bits per heavy atom. The lowest BCUT2D eigenvalue weighted by Crippen LogP contribution is -2.45. The van der Waals surface area contributed by atoms with Gasteiger partial charge < -0.3 is 23.8 Å². The lowest BCUT2D eigenvalue weighted by atomic mass is 9.98. The number of ether oxygens (including phenoxy) is 4. The molecule has 12 nitrogen and oxygen atoms in total. The van der Waals surface area contributed by atoms with Crippen molar-refractivity contribution in [3.63, 3.8) is 0 Å². The number of fused-ring (bicyclic) bond motifs is 2. The zero-order valence-electron chi connectivity index (χ0n) is 28.5. The summed E-state index contributed by atoms with van der Waals surface area (Å²) in [4.78, 5) is 60.1. The molecule has 4 heterocycles. The van der Waals surface area contributed by atoms with Crippen LogP contribution in [0.25, 0.3) is 0 Å². The third-order valence-corrected chi connectivity index (χ3v) is 7.56. The molecule has 2 aromatic heterocycles. The van der Waals surface area contributed by atoms with E-state index in [4.69, 9.17) is 42.1 Å². The molecule has 0 radical (unpaired) electrons. The standard InChI is InChI=1S/C17H23ClN2O4.C16H21ClN2O4/c1-6-23-15(21)13-8-12(18)11-7-10(2)20(9-14(11)19-13)16(22)24-17(3,4)5;1-5-22-14(20)12-8-11(17)10-6-7-19(9-13(10)18-12)15(21)23-16(2,3)4/h8,10H,6-7,9H2,1-5H3;8H,5-7,9H2,1-4H3/t10-;/m1./s1. The second-order valence-corrected chi connectivity index (χ2v) is 13.9. The fraction of sp³-hybridized carbons (Fsp3) is 0.576. The molecule has 0 aromatic carbocycles. The van der Waals surface area contributed by atoms with Gasteiger partial charge in [0.2, 0.25) is 0 Å². The van der Waals surface area contributed by atoms with Gasteiger partial charge in [0.25, 0.3) is 0 Å². The first-order valence-corrected chi connectivity index (χ1v) is 16.3. The minimum Gasteiger partial charge on any atom is -0.461 e. The van der Waals surface area contributed by atoms with Crippen LogP contribution in [-0.4, -0.2) is 80.9 Å². The van der Waals surface area contributed by atoms with Gasteiger partial charge in [-0.15, -0.1) is 0 Å². The number of pyridine rings is 2. The monoisotopic (exact) mass is 694 g/mol. The maximum atomic E-state index is 12.4. The highest BCUT2D eigenvalue weighted by atomic mass is 35.5. The van der Waals surface area contributed by atoms with E-state index in [9.17, 15) is 19.2 Å². The Labute approximate surface area is 286 Å². The summed E-state index contributed by atoms with van der Waals surface area (Å²) >= 11 is 12.6. The molecule has 0 saturated heterocycles. The van der Waals surface area contributed by atoms with Crippen molar-refractivity contribution in [3.8, 4) is 0 Å². The lowest BCUT2D eigenvalue weighted by molar-refractivity contribution is 0.0133. The first-order valence-electron chi connectivity index (χ1n) is 15.5. The fourth-order valence-electron chi connectivity index (χ4n) is 4.82. The number of aromatic nitrogens is 2.